The van der Waals surface area contributed by atoms with Crippen LogP contribution in [0.5, 0.6) is 0 Å². The number of nitrogens with zero attached hydrogens (tertiary/aromatic N) is 1. The molecule has 0 bridgehead atoms. The Morgan fingerprint density at radius 1 is 0.895 bits per heavy atom. The van der Waals surface area contributed by atoms with Gasteiger partial charge in [-0.3, -0.25) is 0 Å². The molecular weight excluding hydrogens is 258 g/mol. The molecule has 19 heavy (non-hydrogen) atoms. The first kappa shape index (κ1) is 13.8. The molecule has 2 aromatic rings. The monoisotopic (exact) mass is 275 g/mol. The van der Waals surface area contributed by atoms with Crippen LogP contribution in [-0.4, -0.2) is 26.8 Å². The summed E-state index contributed by atoms with van der Waals surface area (Å²) >= 11 is 0. The van der Waals surface area contributed by atoms with Crippen molar-refractivity contribution in [1.82, 2.24) is 4.31 Å². The van der Waals surface area contributed by atoms with Crippen LogP contribution in [0.25, 0.3) is 11.1 Å². The van der Waals surface area contributed by atoms with Gasteiger partial charge in [0.15, 0.2) is 0 Å². The van der Waals surface area contributed by atoms with Gasteiger partial charge in [-0.15, -0.1) is 0 Å². The first-order valence-corrected chi connectivity index (χ1v) is 7.45. The average Bonchev–Trinajstić information content (AvgIpc) is 2.38. The zero-order chi connectivity index (χ0) is 14.0. The molecule has 0 aromatic heterocycles. The van der Waals surface area contributed by atoms with Crippen molar-refractivity contribution in [3.63, 3.8) is 0 Å². The largest absolute Gasteiger partial charge is 0.242 e. The van der Waals surface area contributed by atoms with E-state index in [1.165, 1.54) is 18.4 Å². The Labute approximate surface area is 114 Å². The van der Waals surface area contributed by atoms with Crippen LogP contribution in [0.3, 0.4) is 0 Å². The standard InChI is InChI=1S/C15H17NO2S/c1-12-6-4-7-13(10-12)14-8-5-9-15(11-14)19(17,18)16(2)3/h4-11H,1-3H3. The number of hydrogen-bond donors (Lipinski definition) is 0. The fraction of sp³-hybridized carbons (Fsp3) is 0.200. The lowest BCUT2D eigenvalue weighted by atomic mass is 10.0. The van der Waals surface area contributed by atoms with Gasteiger partial charge in [-0.1, -0.05) is 42.0 Å². The summed E-state index contributed by atoms with van der Waals surface area (Å²) in [6.45, 7) is 2.02. The summed E-state index contributed by atoms with van der Waals surface area (Å²) in [6, 6.07) is 15.0. The predicted molar refractivity (Wildman–Crippen MR) is 77.5 cm³/mol. The zero-order valence-electron chi connectivity index (χ0n) is 11.3. The maximum atomic E-state index is 12.1. The van der Waals surface area contributed by atoms with E-state index in [2.05, 4.69) is 0 Å². The van der Waals surface area contributed by atoms with Crippen LogP contribution >= 0.6 is 0 Å². The molecular formula is C15H17NO2S. The van der Waals surface area contributed by atoms with Gasteiger partial charge in [-0.25, -0.2) is 12.7 Å². The van der Waals surface area contributed by atoms with E-state index < -0.39 is 10.0 Å². The SMILES string of the molecule is Cc1cccc(-c2cccc(S(=O)(=O)N(C)C)c2)c1. The van der Waals surface area contributed by atoms with Gasteiger partial charge >= 0.3 is 0 Å². The lowest BCUT2D eigenvalue weighted by Crippen LogP contribution is -2.22. The van der Waals surface area contributed by atoms with Crippen LogP contribution in [0.4, 0.5) is 0 Å². The summed E-state index contributed by atoms with van der Waals surface area (Å²) < 4.78 is 25.4. The van der Waals surface area contributed by atoms with E-state index in [1.54, 1.807) is 18.2 Å². The van der Waals surface area contributed by atoms with E-state index in [4.69, 9.17) is 0 Å². The van der Waals surface area contributed by atoms with Crippen LogP contribution in [0, 0.1) is 6.92 Å². The second-order valence-corrected chi connectivity index (χ2v) is 6.84. The van der Waals surface area contributed by atoms with Crippen molar-refractivity contribution in [1.29, 1.82) is 0 Å². The minimum absolute atomic E-state index is 0.316. The van der Waals surface area contributed by atoms with Gasteiger partial charge in [0.1, 0.15) is 0 Å². The Bertz CT molecular complexity index is 691. The van der Waals surface area contributed by atoms with Crippen molar-refractivity contribution in [3.05, 3.63) is 54.1 Å². The topological polar surface area (TPSA) is 37.4 Å². The van der Waals surface area contributed by atoms with E-state index >= 15 is 0 Å². The molecule has 0 aliphatic heterocycles. The van der Waals surface area contributed by atoms with E-state index in [-0.39, 0.29) is 0 Å². The molecule has 2 rings (SSSR count). The van der Waals surface area contributed by atoms with E-state index in [1.807, 2.05) is 37.3 Å². The average molecular weight is 275 g/mol. The highest BCUT2D eigenvalue weighted by Gasteiger charge is 2.17. The number of benzene rings is 2. The van der Waals surface area contributed by atoms with Gasteiger partial charge in [0, 0.05) is 14.1 Å². The van der Waals surface area contributed by atoms with Gasteiger partial charge in [-0.05, 0) is 30.2 Å². The van der Waals surface area contributed by atoms with Gasteiger partial charge in [0.2, 0.25) is 10.0 Å². The summed E-state index contributed by atoms with van der Waals surface area (Å²) in [5.74, 6) is 0. The number of rotatable bonds is 3. The van der Waals surface area contributed by atoms with Crippen molar-refractivity contribution in [2.75, 3.05) is 14.1 Å². The Balaban J connectivity index is 2.52. The third-order valence-corrected chi connectivity index (χ3v) is 4.78. The van der Waals surface area contributed by atoms with Crippen LogP contribution in [0.2, 0.25) is 0 Å². The second kappa shape index (κ2) is 5.15. The fourth-order valence-electron chi connectivity index (χ4n) is 1.87. The number of sulfonamides is 1. The zero-order valence-corrected chi connectivity index (χ0v) is 12.1. The van der Waals surface area contributed by atoms with Crippen LogP contribution < -0.4 is 0 Å². The van der Waals surface area contributed by atoms with Gasteiger partial charge < -0.3 is 0 Å². The second-order valence-electron chi connectivity index (χ2n) is 4.68. The summed E-state index contributed by atoms with van der Waals surface area (Å²) in [5, 5.41) is 0. The molecule has 0 atom stereocenters. The third-order valence-electron chi connectivity index (χ3n) is 2.96. The highest BCUT2D eigenvalue weighted by Crippen LogP contribution is 2.24. The minimum Gasteiger partial charge on any atom is -0.207 e. The highest BCUT2D eigenvalue weighted by atomic mass is 32.2. The van der Waals surface area contributed by atoms with E-state index in [0.29, 0.717) is 4.90 Å². The van der Waals surface area contributed by atoms with Crippen LogP contribution in [-0.2, 0) is 10.0 Å². The van der Waals surface area contributed by atoms with Gasteiger partial charge in [-0.2, -0.15) is 0 Å². The van der Waals surface area contributed by atoms with Crippen LogP contribution in [0.1, 0.15) is 5.56 Å². The normalized spacial score (nSPS) is 11.8. The molecule has 0 saturated carbocycles. The fourth-order valence-corrected chi connectivity index (χ4v) is 2.82. The first-order chi connectivity index (χ1) is 8.91. The number of aryl methyl sites for hydroxylation is 1. The highest BCUT2D eigenvalue weighted by molar-refractivity contribution is 7.89. The molecule has 0 spiro atoms. The number of hydrogen-bond acceptors (Lipinski definition) is 2. The quantitative estimate of drug-likeness (QED) is 0.863. The van der Waals surface area contributed by atoms with Gasteiger partial charge in [0.25, 0.3) is 0 Å². The molecule has 100 valence electrons. The van der Waals surface area contributed by atoms with E-state index in [0.717, 1.165) is 16.7 Å². The molecule has 0 fully saturated rings. The molecule has 0 amide bonds. The van der Waals surface area contributed by atoms with Crippen molar-refractivity contribution in [2.24, 2.45) is 0 Å². The lowest BCUT2D eigenvalue weighted by Gasteiger charge is -2.12. The van der Waals surface area contributed by atoms with Gasteiger partial charge in [0.05, 0.1) is 4.90 Å². The van der Waals surface area contributed by atoms with Crippen LogP contribution in [0.15, 0.2) is 53.4 Å². The molecule has 0 radical (unpaired) electrons. The Morgan fingerprint density at radius 2 is 1.47 bits per heavy atom. The molecule has 2 aromatic carbocycles. The van der Waals surface area contributed by atoms with Crippen molar-refractivity contribution in [2.45, 2.75) is 11.8 Å². The summed E-state index contributed by atoms with van der Waals surface area (Å²) in [4.78, 5) is 0.316. The lowest BCUT2D eigenvalue weighted by molar-refractivity contribution is 0.521. The molecule has 3 nitrogen and oxygen atoms in total. The molecule has 0 heterocycles. The Kier molecular flexibility index (Phi) is 3.73. The molecule has 0 aliphatic carbocycles. The van der Waals surface area contributed by atoms with E-state index in [9.17, 15) is 8.42 Å². The molecule has 0 aliphatic rings. The minimum atomic E-state index is -3.38. The molecule has 0 N–H and O–H groups in total. The summed E-state index contributed by atoms with van der Waals surface area (Å²) in [7, 11) is -0.311. The Hall–Kier alpha value is -1.65. The molecule has 0 unspecified atom stereocenters. The van der Waals surface area contributed by atoms with Crippen molar-refractivity contribution >= 4 is 10.0 Å². The first-order valence-electron chi connectivity index (χ1n) is 6.01. The maximum Gasteiger partial charge on any atom is 0.242 e. The summed E-state index contributed by atoms with van der Waals surface area (Å²) in [5.41, 5.74) is 3.08. The maximum absolute atomic E-state index is 12.1. The molecule has 4 heteroatoms. The summed E-state index contributed by atoms with van der Waals surface area (Å²) in [6.07, 6.45) is 0. The smallest absolute Gasteiger partial charge is 0.207 e. The third kappa shape index (κ3) is 2.85. The van der Waals surface area contributed by atoms with Crippen molar-refractivity contribution < 1.29 is 8.42 Å². The molecule has 0 saturated heterocycles. The van der Waals surface area contributed by atoms with Crippen molar-refractivity contribution in [3.8, 4) is 11.1 Å². The Morgan fingerprint density at radius 3 is 2.05 bits per heavy atom. The predicted octanol–water partition coefficient (Wildman–Crippen LogP) is 2.91.